The maximum absolute atomic E-state index is 10.4. The molecule has 0 radical (unpaired) electrons. The zero-order chi connectivity index (χ0) is 8.43. The van der Waals surface area contributed by atoms with Gasteiger partial charge in [-0.2, -0.15) is 0 Å². The number of carboxylic acid groups (broad SMARTS) is 1. The summed E-state index contributed by atoms with van der Waals surface area (Å²) < 4.78 is 0. The van der Waals surface area contributed by atoms with E-state index < -0.39 is 5.97 Å². The zero-order valence-electron chi connectivity index (χ0n) is 5.87. The summed E-state index contributed by atoms with van der Waals surface area (Å²) in [5.74, 6) is -1.50. The van der Waals surface area contributed by atoms with E-state index in [4.69, 9.17) is 10.2 Å². The third-order valence-electron chi connectivity index (χ3n) is 1.15. The van der Waals surface area contributed by atoms with Crippen LogP contribution in [0, 0.1) is 0 Å². The lowest BCUT2D eigenvalue weighted by Gasteiger charge is -1.83. The van der Waals surface area contributed by atoms with Crippen molar-refractivity contribution in [3.8, 4) is 5.88 Å². The van der Waals surface area contributed by atoms with E-state index in [0.717, 1.165) is 11.3 Å². The van der Waals surface area contributed by atoms with Crippen LogP contribution >= 0.6 is 11.3 Å². The Morgan fingerprint density at radius 3 is 2.64 bits per heavy atom. The van der Waals surface area contributed by atoms with Crippen LogP contribution in [0.5, 0.6) is 5.88 Å². The average Bonchev–Trinajstić information content (AvgIpc) is 2.30. The van der Waals surface area contributed by atoms with Crippen LogP contribution in [0.15, 0.2) is 0 Å². The molecule has 0 aliphatic carbocycles. The number of aromatic nitrogens is 1. The highest BCUT2D eigenvalue weighted by atomic mass is 32.1. The first-order valence-corrected chi connectivity index (χ1v) is 3.88. The molecule has 0 unspecified atom stereocenters. The lowest BCUT2D eigenvalue weighted by molar-refractivity contribution is 0.0699. The average molecular weight is 173 g/mol. The summed E-state index contributed by atoms with van der Waals surface area (Å²) in [5.41, 5.74) is 0. The molecule has 0 aliphatic rings. The molecule has 1 aromatic rings. The number of hydrogen-bond donors (Lipinski definition) is 2. The van der Waals surface area contributed by atoms with Crippen LogP contribution in [0.3, 0.4) is 0 Å². The van der Waals surface area contributed by atoms with Crippen molar-refractivity contribution in [3.05, 3.63) is 9.88 Å². The molecule has 0 saturated heterocycles. The number of aromatic hydroxyl groups is 1. The quantitative estimate of drug-likeness (QED) is 0.702. The predicted molar refractivity (Wildman–Crippen MR) is 40.1 cm³/mol. The highest BCUT2D eigenvalue weighted by Gasteiger charge is 2.14. The fourth-order valence-electron chi connectivity index (χ4n) is 0.646. The van der Waals surface area contributed by atoms with Crippen LogP contribution in [-0.4, -0.2) is 21.2 Å². The van der Waals surface area contributed by atoms with Gasteiger partial charge in [-0.15, -0.1) is 11.3 Å². The highest BCUT2D eigenvalue weighted by molar-refractivity contribution is 7.13. The second kappa shape index (κ2) is 2.87. The largest absolute Gasteiger partial charge is 0.492 e. The van der Waals surface area contributed by atoms with Crippen LogP contribution < -0.4 is 0 Å². The standard InChI is InChI=1S/C6H7NO3S/c1-2-3-7-5(8)4(11-3)6(9)10/h8H,2H2,1H3,(H,9,10). The molecule has 0 spiro atoms. The number of carbonyl (C=O) groups is 1. The first-order chi connectivity index (χ1) is 5.15. The molecule has 0 amide bonds. The summed E-state index contributed by atoms with van der Waals surface area (Å²) in [5, 5.41) is 18.1. The van der Waals surface area contributed by atoms with Gasteiger partial charge in [0.1, 0.15) is 0 Å². The maximum atomic E-state index is 10.4. The van der Waals surface area contributed by atoms with Crippen LogP contribution in [0.4, 0.5) is 0 Å². The van der Waals surface area contributed by atoms with E-state index in [9.17, 15) is 4.79 Å². The molecule has 0 saturated carbocycles. The van der Waals surface area contributed by atoms with Crippen molar-refractivity contribution in [1.29, 1.82) is 0 Å². The van der Waals surface area contributed by atoms with E-state index in [-0.39, 0.29) is 10.8 Å². The molecular weight excluding hydrogens is 166 g/mol. The van der Waals surface area contributed by atoms with Gasteiger partial charge in [0.2, 0.25) is 5.88 Å². The minimum atomic E-state index is -1.13. The normalized spacial score (nSPS) is 9.91. The molecule has 0 fully saturated rings. The molecule has 0 atom stereocenters. The van der Waals surface area contributed by atoms with Crippen molar-refractivity contribution in [2.45, 2.75) is 13.3 Å². The number of aryl methyl sites for hydroxylation is 1. The van der Waals surface area contributed by atoms with Crippen molar-refractivity contribution >= 4 is 17.3 Å². The van der Waals surface area contributed by atoms with E-state index in [1.807, 2.05) is 6.92 Å². The predicted octanol–water partition coefficient (Wildman–Crippen LogP) is 1.11. The number of thiazole rings is 1. The van der Waals surface area contributed by atoms with E-state index in [0.29, 0.717) is 11.4 Å². The number of carboxylic acids is 1. The van der Waals surface area contributed by atoms with E-state index in [1.54, 1.807) is 0 Å². The Hall–Kier alpha value is -1.10. The lowest BCUT2D eigenvalue weighted by Crippen LogP contribution is -1.91. The van der Waals surface area contributed by atoms with Crippen molar-refractivity contribution in [3.63, 3.8) is 0 Å². The third-order valence-corrected chi connectivity index (χ3v) is 2.33. The van der Waals surface area contributed by atoms with Gasteiger partial charge < -0.3 is 10.2 Å². The topological polar surface area (TPSA) is 70.4 Å². The SMILES string of the molecule is CCc1nc(O)c(C(=O)O)s1. The van der Waals surface area contributed by atoms with Crippen molar-refractivity contribution in [2.24, 2.45) is 0 Å². The first-order valence-electron chi connectivity index (χ1n) is 3.07. The van der Waals surface area contributed by atoms with E-state index in [2.05, 4.69) is 4.98 Å². The number of aromatic carboxylic acids is 1. The minimum Gasteiger partial charge on any atom is -0.492 e. The lowest BCUT2D eigenvalue weighted by atomic mass is 10.5. The van der Waals surface area contributed by atoms with Crippen LogP contribution in [0.25, 0.3) is 0 Å². The number of nitrogens with zero attached hydrogens (tertiary/aromatic N) is 1. The Kier molecular flexibility index (Phi) is 2.09. The Bertz CT molecular complexity index is 281. The molecule has 0 aliphatic heterocycles. The highest BCUT2D eigenvalue weighted by Crippen LogP contribution is 2.23. The summed E-state index contributed by atoms with van der Waals surface area (Å²) in [4.78, 5) is 13.9. The smallest absolute Gasteiger partial charge is 0.351 e. The molecule has 1 rings (SSSR count). The molecule has 1 aromatic heterocycles. The van der Waals surface area contributed by atoms with Gasteiger partial charge in [-0.05, 0) is 6.42 Å². The molecule has 11 heavy (non-hydrogen) atoms. The third kappa shape index (κ3) is 1.48. The summed E-state index contributed by atoms with van der Waals surface area (Å²) in [6, 6.07) is 0. The van der Waals surface area contributed by atoms with Gasteiger partial charge in [0.15, 0.2) is 4.88 Å². The molecule has 5 heteroatoms. The molecule has 60 valence electrons. The second-order valence-corrected chi connectivity index (χ2v) is 3.00. The van der Waals surface area contributed by atoms with Gasteiger partial charge in [0.25, 0.3) is 0 Å². The zero-order valence-corrected chi connectivity index (χ0v) is 6.68. The summed E-state index contributed by atoms with van der Waals surface area (Å²) >= 11 is 1.01. The molecule has 0 aromatic carbocycles. The molecular formula is C6H7NO3S. The fourth-order valence-corrected chi connectivity index (χ4v) is 1.38. The summed E-state index contributed by atoms with van der Waals surface area (Å²) in [6.07, 6.45) is 0.644. The molecule has 1 heterocycles. The molecule has 4 nitrogen and oxygen atoms in total. The van der Waals surface area contributed by atoms with Crippen molar-refractivity contribution < 1.29 is 15.0 Å². The van der Waals surface area contributed by atoms with Crippen molar-refractivity contribution in [2.75, 3.05) is 0 Å². The van der Waals surface area contributed by atoms with E-state index >= 15 is 0 Å². The van der Waals surface area contributed by atoms with Crippen LogP contribution in [0.2, 0.25) is 0 Å². The summed E-state index contributed by atoms with van der Waals surface area (Å²) in [6.45, 7) is 1.85. The van der Waals surface area contributed by atoms with Gasteiger partial charge in [0, 0.05) is 0 Å². The Morgan fingerprint density at radius 1 is 1.73 bits per heavy atom. The number of rotatable bonds is 2. The van der Waals surface area contributed by atoms with Crippen molar-refractivity contribution in [1.82, 2.24) is 4.98 Å². The van der Waals surface area contributed by atoms with Crippen LogP contribution in [-0.2, 0) is 6.42 Å². The van der Waals surface area contributed by atoms with Gasteiger partial charge >= 0.3 is 5.97 Å². The number of hydrogen-bond acceptors (Lipinski definition) is 4. The minimum absolute atomic E-state index is 0.0816. The van der Waals surface area contributed by atoms with Gasteiger partial charge in [-0.3, -0.25) is 0 Å². The first kappa shape index (κ1) is 8.00. The maximum Gasteiger partial charge on any atom is 0.351 e. The Morgan fingerprint density at radius 2 is 2.36 bits per heavy atom. The Labute approximate surface area is 67.1 Å². The molecule has 0 bridgehead atoms. The second-order valence-electron chi connectivity index (χ2n) is 1.92. The van der Waals surface area contributed by atoms with Gasteiger partial charge in [-0.1, -0.05) is 6.92 Å². The Balaban J connectivity index is 3.07. The summed E-state index contributed by atoms with van der Waals surface area (Å²) in [7, 11) is 0. The monoisotopic (exact) mass is 173 g/mol. The van der Waals surface area contributed by atoms with E-state index in [1.165, 1.54) is 0 Å². The molecule has 2 N–H and O–H groups in total. The van der Waals surface area contributed by atoms with Gasteiger partial charge in [0.05, 0.1) is 5.01 Å². The van der Waals surface area contributed by atoms with Gasteiger partial charge in [-0.25, -0.2) is 9.78 Å². The van der Waals surface area contributed by atoms with Crippen LogP contribution in [0.1, 0.15) is 21.6 Å². The fraction of sp³-hybridized carbons (Fsp3) is 0.333.